The standard InChI is InChI=1S/C14H8N4O3/c15-9-10-8-13(14-6-3-7-21-14)17(16-10)11-4-1-2-5-12(11)18(19)20/h1-8H. The molecule has 7 heteroatoms. The molecule has 21 heavy (non-hydrogen) atoms. The fourth-order valence-electron chi connectivity index (χ4n) is 2.02. The Bertz CT molecular complexity index is 843. The van der Waals surface area contributed by atoms with Crippen molar-refractivity contribution < 1.29 is 9.34 Å². The van der Waals surface area contributed by atoms with E-state index in [4.69, 9.17) is 9.68 Å². The normalized spacial score (nSPS) is 10.2. The van der Waals surface area contributed by atoms with Crippen LogP contribution in [0.5, 0.6) is 0 Å². The minimum Gasteiger partial charge on any atom is -0.463 e. The molecule has 0 fully saturated rings. The second kappa shape index (κ2) is 4.94. The number of rotatable bonds is 3. The second-order valence-corrected chi connectivity index (χ2v) is 4.16. The van der Waals surface area contributed by atoms with Gasteiger partial charge in [0.1, 0.15) is 17.5 Å². The molecule has 1 aromatic carbocycles. The Morgan fingerprint density at radius 3 is 2.76 bits per heavy atom. The van der Waals surface area contributed by atoms with Crippen LogP contribution in [0.25, 0.3) is 17.1 Å². The van der Waals surface area contributed by atoms with Crippen molar-refractivity contribution in [3.05, 3.63) is 64.5 Å². The van der Waals surface area contributed by atoms with Crippen LogP contribution in [0.1, 0.15) is 5.69 Å². The molecule has 2 heterocycles. The van der Waals surface area contributed by atoms with E-state index in [-0.39, 0.29) is 17.1 Å². The predicted octanol–water partition coefficient (Wildman–Crippen LogP) is 2.91. The van der Waals surface area contributed by atoms with Crippen molar-refractivity contribution in [2.75, 3.05) is 0 Å². The van der Waals surface area contributed by atoms with E-state index in [9.17, 15) is 10.1 Å². The van der Waals surface area contributed by atoms with Crippen molar-refractivity contribution >= 4 is 5.69 Å². The predicted molar refractivity (Wildman–Crippen MR) is 72.6 cm³/mol. The van der Waals surface area contributed by atoms with Crippen LogP contribution < -0.4 is 0 Å². The van der Waals surface area contributed by atoms with Crippen LogP contribution in [0.15, 0.2) is 53.1 Å². The van der Waals surface area contributed by atoms with Gasteiger partial charge in [0.25, 0.3) is 5.69 Å². The van der Waals surface area contributed by atoms with Crippen LogP contribution in [0.3, 0.4) is 0 Å². The third kappa shape index (κ3) is 2.15. The number of nitro groups is 1. The minimum absolute atomic E-state index is 0.0992. The van der Waals surface area contributed by atoms with E-state index in [2.05, 4.69) is 5.10 Å². The summed E-state index contributed by atoms with van der Waals surface area (Å²) in [7, 11) is 0. The highest BCUT2D eigenvalue weighted by Crippen LogP contribution is 2.29. The van der Waals surface area contributed by atoms with Crippen LogP contribution >= 0.6 is 0 Å². The van der Waals surface area contributed by atoms with Gasteiger partial charge in [0, 0.05) is 12.1 Å². The molecule has 2 aromatic heterocycles. The maximum Gasteiger partial charge on any atom is 0.294 e. The summed E-state index contributed by atoms with van der Waals surface area (Å²) in [6.07, 6.45) is 1.48. The maximum absolute atomic E-state index is 11.1. The zero-order chi connectivity index (χ0) is 14.8. The smallest absolute Gasteiger partial charge is 0.294 e. The zero-order valence-electron chi connectivity index (χ0n) is 10.6. The van der Waals surface area contributed by atoms with Gasteiger partial charge in [0.15, 0.2) is 11.5 Å². The van der Waals surface area contributed by atoms with Gasteiger partial charge in [-0.15, -0.1) is 0 Å². The molecule has 0 aliphatic rings. The Labute approximate surface area is 118 Å². The van der Waals surface area contributed by atoms with Crippen molar-refractivity contribution in [1.29, 1.82) is 5.26 Å². The topological polar surface area (TPSA) is 97.9 Å². The summed E-state index contributed by atoms with van der Waals surface area (Å²) >= 11 is 0. The Morgan fingerprint density at radius 2 is 2.10 bits per heavy atom. The molecule has 0 aliphatic heterocycles. The quantitative estimate of drug-likeness (QED) is 0.542. The fourth-order valence-corrected chi connectivity index (χ4v) is 2.02. The van der Waals surface area contributed by atoms with Gasteiger partial charge in [-0.3, -0.25) is 10.1 Å². The van der Waals surface area contributed by atoms with E-state index in [0.29, 0.717) is 11.5 Å². The second-order valence-electron chi connectivity index (χ2n) is 4.16. The third-order valence-electron chi connectivity index (χ3n) is 2.90. The molecule has 0 spiro atoms. The van der Waals surface area contributed by atoms with E-state index < -0.39 is 4.92 Å². The van der Waals surface area contributed by atoms with Crippen LogP contribution in [0.2, 0.25) is 0 Å². The van der Waals surface area contributed by atoms with Gasteiger partial charge in [-0.25, -0.2) is 4.68 Å². The van der Waals surface area contributed by atoms with Gasteiger partial charge in [-0.2, -0.15) is 10.4 Å². The van der Waals surface area contributed by atoms with Gasteiger partial charge in [-0.1, -0.05) is 12.1 Å². The number of aromatic nitrogens is 2. The van der Waals surface area contributed by atoms with Crippen molar-refractivity contribution in [2.45, 2.75) is 0 Å². The average Bonchev–Trinajstić information content (AvgIpc) is 3.16. The number of hydrogen-bond donors (Lipinski definition) is 0. The van der Waals surface area contributed by atoms with Gasteiger partial charge < -0.3 is 4.42 Å². The molecule has 0 saturated carbocycles. The summed E-state index contributed by atoms with van der Waals surface area (Å²) in [6, 6.07) is 13.0. The molecule has 102 valence electrons. The summed E-state index contributed by atoms with van der Waals surface area (Å²) < 4.78 is 6.64. The number of nitriles is 1. The van der Waals surface area contributed by atoms with E-state index in [0.717, 1.165) is 0 Å². The largest absolute Gasteiger partial charge is 0.463 e. The number of nitro benzene ring substituents is 1. The first-order valence-corrected chi connectivity index (χ1v) is 5.98. The average molecular weight is 280 g/mol. The lowest BCUT2D eigenvalue weighted by Gasteiger charge is -2.05. The first-order chi connectivity index (χ1) is 10.2. The van der Waals surface area contributed by atoms with E-state index in [1.165, 1.54) is 23.1 Å². The highest BCUT2D eigenvalue weighted by molar-refractivity contribution is 5.62. The molecule has 0 unspecified atom stereocenters. The van der Waals surface area contributed by atoms with Crippen molar-refractivity contribution in [3.8, 4) is 23.2 Å². The van der Waals surface area contributed by atoms with Gasteiger partial charge in [-0.05, 0) is 18.2 Å². The van der Waals surface area contributed by atoms with Crippen molar-refractivity contribution in [2.24, 2.45) is 0 Å². The van der Waals surface area contributed by atoms with Gasteiger partial charge >= 0.3 is 0 Å². The molecule has 0 N–H and O–H groups in total. The summed E-state index contributed by atoms with van der Waals surface area (Å²) in [6.45, 7) is 0. The fraction of sp³-hybridized carbons (Fsp3) is 0. The Morgan fingerprint density at radius 1 is 1.29 bits per heavy atom. The number of hydrogen-bond acceptors (Lipinski definition) is 5. The molecule has 3 rings (SSSR count). The van der Waals surface area contributed by atoms with Crippen LogP contribution in [0, 0.1) is 21.4 Å². The summed E-state index contributed by atoms with van der Waals surface area (Å²) in [5.41, 5.74) is 0.804. The number of benzene rings is 1. The first-order valence-electron chi connectivity index (χ1n) is 5.98. The molecular weight excluding hydrogens is 272 g/mol. The lowest BCUT2D eigenvalue weighted by atomic mass is 10.2. The highest BCUT2D eigenvalue weighted by atomic mass is 16.6. The number of furan rings is 1. The van der Waals surface area contributed by atoms with E-state index in [1.54, 1.807) is 30.3 Å². The summed E-state index contributed by atoms with van der Waals surface area (Å²) in [5, 5.41) is 24.2. The third-order valence-corrected chi connectivity index (χ3v) is 2.90. The molecule has 0 aliphatic carbocycles. The first kappa shape index (κ1) is 12.6. The van der Waals surface area contributed by atoms with Crippen molar-refractivity contribution in [1.82, 2.24) is 9.78 Å². The molecular formula is C14H8N4O3. The minimum atomic E-state index is -0.491. The molecule has 0 bridgehead atoms. The lowest BCUT2D eigenvalue weighted by Crippen LogP contribution is -2.03. The van der Waals surface area contributed by atoms with Crippen LogP contribution in [-0.4, -0.2) is 14.7 Å². The monoisotopic (exact) mass is 280 g/mol. The Kier molecular flexibility index (Phi) is 2.97. The molecule has 0 atom stereocenters. The van der Waals surface area contributed by atoms with Crippen LogP contribution in [-0.2, 0) is 0 Å². The zero-order valence-corrected chi connectivity index (χ0v) is 10.6. The Balaban J connectivity index is 2.27. The SMILES string of the molecule is N#Cc1cc(-c2ccco2)n(-c2ccccc2[N+](=O)[O-])n1. The van der Waals surface area contributed by atoms with Crippen LogP contribution in [0.4, 0.5) is 5.69 Å². The van der Waals surface area contributed by atoms with E-state index >= 15 is 0 Å². The van der Waals surface area contributed by atoms with Gasteiger partial charge in [0.2, 0.25) is 0 Å². The summed E-state index contributed by atoms with van der Waals surface area (Å²) in [4.78, 5) is 10.7. The van der Waals surface area contributed by atoms with Gasteiger partial charge in [0.05, 0.1) is 11.2 Å². The van der Waals surface area contributed by atoms with E-state index in [1.807, 2.05) is 6.07 Å². The molecule has 0 saturated heterocycles. The highest BCUT2D eigenvalue weighted by Gasteiger charge is 2.20. The number of nitrogens with zero attached hydrogens (tertiary/aromatic N) is 4. The Hall–Kier alpha value is -3.40. The maximum atomic E-state index is 11.1. The lowest BCUT2D eigenvalue weighted by molar-refractivity contribution is -0.384. The molecule has 0 radical (unpaired) electrons. The molecule has 7 nitrogen and oxygen atoms in total. The summed E-state index contributed by atoms with van der Waals surface area (Å²) in [5.74, 6) is 0.474. The molecule has 3 aromatic rings. The van der Waals surface area contributed by atoms with Crippen molar-refractivity contribution in [3.63, 3.8) is 0 Å². The molecule has 0 amide bonds. The number of para-hydroxylation sites is 2.